The van der Waals surface area contributed by atoms with E-state index >= 15 is 0 Å². The van der Waals surface area contributed by atoms with Gasteiger partial charge in [0.05, 0.1) is 13.2 Å². The largest absolute Gasteiger partial charge is 0.395 e. The van der Waals surface area contributed by atoms with Crippen LogP contribution in [0.4, 0.5) is 0 Å². The molecular weight excluding hydrogens is 422 g/mol. The van der Waals surface area contributed by atoms with E-state index < -0.39 is 30.5 Å². The van der Waals surface area contributed by atoms with Crippen molar-refractivity contribution in [1.82, 2.24) is 20.4 Å². The fraction of sp³-hybridized carbons (Fsp3) is 0.650. The summed E-state index contributed by atoms with van der Waals surface area (Å²) >= 11 is 0. The Morgan fingerprint density at radius 3 is 2.44 bits per heavy atom. The third kappa shape index (κ3) is 6.84. The normalized spacial score (nSPS) is 21.2. The number of aliphatic hydroxyl groups excluding tert-OH is 2. The molecule has 12 heteroatoms. The van der Waals surface area contributed by atoms with Crippen molar-refractivity contribution in [2.24, 2.45) is 5.73 Å². The van der Waals surface area contributed by atoms with Gasteiger partial charge in [-0.05, 0) is 19.3 Å². The van der Waals surface area contributed by atoms with Crippen LogP contribution in [-0.4, -0.2) is 101 Å². The number of unbranched alkanes of at least 4 members (excludes halogenated alkanes) is 2. The third-order valence-corrected chi connectivity index (χ3v) is 5.36. The fourth-order valence-electron chi connectivity index (χ4n) is 3.67. The predicted molar refractivity (Wildman–Crippen MR) is 112 cm³/mol. The SMILES string of the molecule is NC1CC(C(=O)NC(CO)C(=O)NCCO)N(C(=O)CCCCCN2C(=O)C=CC2=O)C1. The van der Waals surface area contributed by atoms with Crippen LogP contribution >= 0.6 is 0 Å². The number of amides is 5. The van der Waals surface area contributed by atoms with Crippen molar-refractivity contribution in [2.75, 3.05) is 32.8 Å². The molecule has 12 nitrogen and oxygen atoms in total. The van der Waals surface area contributed by atoms with Crippen molar-refractivity contribution in [1.29, 1.82) is 0 Å². The molecule has 0 aliphatic carbocycles. The van der Waals surface area contributed by atoms with Gasteiger partial charge in [0, 0.05) is 44.2 Å². The topological polar surface area (TPSA) is 182 Å². The monoisotopic (exact) mass is 453 g/mol. The van der Waals surface area contributed by atoms with Crippen molar-refractivity contribution < 1.29 is 34.2 Å². The lowest BCUT2D eigenvalue weighted by molar-refractivity contribution is -0.140. The summed E-state index contributed by atoms with van der Waals surface area (Å²) in [5.41, 5.74) is 5.95. The molecule has 0 saturated carbocycles. The number of likely N-dealkylation sites (tertiary alicyclic amines) is 1. The number of carbonyl (C=O) groups is 5. The van der Waals surface area contributed by atoms with Crippen LogP contribution in [0.5, 0.6) is 0 Å². The minimum Gasteiger partial charge on any atom is -0.395 e. The van der Waals surface area contributed by atoms with E-state index in [1.165, 1.54) is 17.1 Å². The van der Waals surface area contributed by atoms with Crippen molar-refractivity contribution in [3.63, 3.8) is 0 Å². The molecule has 0 aromatic carbocycles. The Bertz CT molecular complexity index is 739. The molecule has 1 saturated heterocycles. The van der Waals surface area contributed by atoms with E-state index in [-0.39, 0.29) is 56.3 Å². The van der Waals surface area contributed by atoms with Gasteiger partial charge in [-0.15, -0.1) is 0 Å². The van der Waals surface area contributed by atoms with E-state index in [1.54, 1.807) is 0 Å². The first-order chi connectivity index (χ1) is 15.3. The number of nitrogens with one attached hydrogen (secondary N) is 2. The lowest BCUT2D eigenvalue weighted by Crippen LogP contribution is -2.54. The van der Waals surface area contributed by atoms with Gasteiger partial charge in [-0.1, -0.05) is 6.42 Å². The zero-order chi connectivity index (χ0) is 23.7. The highest BCUT2D eigenvalue weighted by Crippen LogP contribution is 2.19. The predicted octanol–water partition coefficient (Wildman–Crippen LogP) is -3.01. The van der Waals surface area contributed by atoms with Crippen molar-refractivity contribution >= 4 is 29.5 Å². The van der Waals surface area contributed by atoms with E-state index in [1.807, 2.05) is 0 Å². The summed E-state index contributed by atoms with van der Waals surface area (Å²) in [6, 6.07) is -2.43. The Morgan fingerprint density at radius 1 is 1.12 bits per heavy atom. The molecule has 0 spiro atoms. The average molecular weight is 453 g/mol. The van der Waals surface area contributed by atoms with E-state index in [0.29, 0.717) is 25.8 Å². The molecule has 178 valence electrons. The smallest absolute Gasteiger partial charge is 0.253 e. The van der Waals surface area contributed by atoms with E-state index in [4.69, 9.17) is 10.8 Å². The van der Waals surface area contributed by atoms with Gasteiger partial charge in [-0.3, -0.25) is 28.9 Å². The Kier molecular flexibility index (Phi) is 9.75. The molecule has 0 radical (unpaired) electrons. The molecule has 32 heavy (non-hydrogen) atoms. The first-order valence-electron chi connectivity index (χ1n) is 10.7. The highest BCUT2D eigenvalue weighted by Gasteiger charge is 2.39. The quantitative estimate of drug-likeness (QED) is 0.153. The summed E-state index contributed by atoms with van der Waals surface area (Å²) < 4.78 is 0. The van der Waals surface area contributed by atoms with Crippen molar-refractivity contribution in [3.05, 3.63) is 12.2 Å². The van der Waals surface area contributed by atoms with Gasteiger partial charge in [0.1, 0.15) is 12.1 Å². The van der Waals surface area contributed by atoms with E-state index in [0.717, 1.165) is 4.90 Å². The Morgan fingerprint density at radius 2 is 1.81 bits per heavy atom. The van der Waals surface area contributed by atoms with Gasteiger partial charge in [0.25, 0.3) is 11.8 Å². The maximum Gasteiger partial charge on any atom is 0.253 e. The molecule has 2 aliphatic rings. The minimum atomic E-state index is -1.20. The molecular formula is C20H31N5O7. The molecule has 1 fully saturated rings. The Hall–Kier alpha value is -2.83. The van der Waals surface area contributed by atoms with Crippen LogP contribution in [0.15, 0.2) is 12.2 Å². The van der Waals surface area contributed by atoms with Crippen LogP contribution in [0.25, 0.3) is 0 Å². The van der Waals surface area contributed by atoms with Crippen LogP contribution in [0.1, 0.15) is 32.1 Å². The number of nitrogens with two attached hydrogens (primary N) is 1. The summed E-state index contributed by atoms with van der Waals surface area (Å²) in [7, 11) is 0. The zero-order valence-corrected chi connectivity index (χ0v) is 17.9. The second-order valence-electron chi connectivity index (χ2n) is 7.79. The first-order valence-corrected chi connectivity index (χ1v) is 10.7. The lowest BCUT2D eigenvalue weighted by atomic mass is 10.1. The first kappa shape index (κ1) is 25.4. The summed E-state index contributed by atoms with van der Waals surface area (Å²) in [6.45, 7) is -0.424. The summed E-state index contributed by atoms with van der Waals surface area (Å²) in [5, 5.41) is 23.0. The molecule has 5 amide bonds. The standard InChI is InChI=1S/C20H31N5O7/c21-13-10-15(20(32)23-14(12-27)19(31)22-7-9-26)25(11-13)16(28)4-2-1-3-8-24-17(29)5-6-18(24)30/h5-6,13-15,26-27H,1-4,7-12,21H2,(H,22,31)(H,23,32). The van der Waals surface area contributed by atoms with Crippen LogP contribution in [0.3, 0.4) is 0 Å². The van der Waals surface area contributed by atoms with Crippen molar-refractivity contribution in [3.8, 4) is 0 Å². The molecule has 3 unspecified atom stereocenters. The minimum absolute atomic E-state index is 0.0132. The Labute approximate surface area is 185 Å². The molecule has 2 aliphatic heterocycles. The molecule has 2 rings (SSSR count). The number of rotatable bonds is 12. The third-order valence-electron chi connectivity index (χ3n) is 5.36. The Balaban J connectivity index is 1.80. The number of nitrogens with zero attached hydrogens (tertiary/aromatic N) is 2. The number of hydrogen-bond acceptors (Lipinski definition) is 8. The van der Waals surface area contributed by atoms with Crippen LogP contribution in [0.2, 0.25) is 0 Å². The number of aliphatic hydroxyl groups is 2. The zero-order valence-electron chi connectivity index (χ0n) is 17.9. The molecule has 0 aromatic heterocycles. The van der Waals surface area contributed by atoms with E-state index in [2.05, 4.69) is 10.6 Å². The van der Waals surface area contributed by atoms with Gasteiger partial charge in [-0.2, -0.15) is 0 Å². The molecule has 6 N–H and O–H groups in total. The summed E-state index contributed by atoms with van der Waals surface area (Å²) in [4.78, 5) is 62.8. The maximum absolute atomic E-state index is 12.7. The maximum atomic E-state index is 12.7. The van der Waals surface area contributed by atoms with E-state index in [9.17, 15) is 29.1 Å². The lowest BCUT2D eigenvalue weighted by Gasteiger charge is -2.25. The molecule has 0 aromatic rings. The molecule has 3 atom stereocenters. The van der Waals surface area contributed by atoms with Gasteiger partial charge < -0.3 is 31.5 Å². The van der Waals surface area contributed by atoms with Gasteiger partial charge in [-0.25, -0.2) is 0 Å². The van der Waals surface area contributed by atoms with Crippen LogP contribution < -0.4 is 16.4 Å². The summed E-state index contributed by atoms with van der Waals surface area (Å²) in [6.07, 6.45) is 4.58. The molecule has 2 heterocycles. The van der Waals surface area contributed by atoms with Gasteiger partial charge in [0.15, 0.2) is 0 Å². The summed E-state index contributed by atoms with van der Waals surface area (Å²) in [5.74, 6) is -2.14. The van der Waals surface area contributed by atoms with Crippen molar-refractivity contribution in [2.45, 2.75) is 50.2 Å². The average Bonchev–Trinajstić information content (AvgIpc) is 3.32. The molecule has 0 bridgehead atoms. The number of imide groups is 1. The number of carbonyl (C=O) groups excluding carboxylic acids is 5. The van der Waals surface area contributed by atoms with Gasteiger partial charge >= 0.3 is 0 Å². The van der Waals surface area contributed by atoms with Crippen LogP contribution in [-0.2, 0) is 24.0 Å². The highest BCUT2D eigenvalue weighted by molar-refractivity contribution is 6.12. The second-order valence-corrected chi connectivity index (χ2v) is 7.79. The number of hydrogen-bond donors (Lipinski definition) is 5. The fourth-order valence-corrected chi connectivity index (χ4v) is 3.67. The van der Waals surface area contributed by atoms with Crippen LogP contribution in [0, 0.1) is 0 Å². The highest BCUT2D eigenvalue weighted by atomic mass is 16.3. The van der Waals surface area contributed by atoms with Gasteiger partial charge in [0.2, 0.25) is 17.7 Å². The second kappa shape index (κ2) is 12.3.